The number of ether oxygens (including phenoxy) is 3. The highest BCUT2D eigenvalue weighted by Crippen LogP contribution is 2.45. The average molecular weight is 432 g/mol. The van der Waals surface area contributed by atoms with Gasteiger partial charge in [0.25, 0.3) is 0 Å². The third-order valence-electron chi connectivity index (χ3n) is 5.27. The third kappa shape index (κ3) is 3.43. The van der Waals surface area contributed by atoms with E-state index in [4.69, 9.17) is 14.2 Å². The van der Waals surface area contributed by atoms with Gasteiger partial charge in [0, 0.05) is 18.1 Å². The number of hydrogen-bond acceptors (Lipinski definition) is 6. The maximum absolute atomic E-state index is 13.9. The second-order valence-electron chi connectivity index (χ2n) is 6.99. The zero-order valence-electron chi connectivity index (χ0n) is 16.6. The van der Waals surface area contributed by atoms with Gasteiger partial charge in [0.15, 0.2) is 11.5 Å². The molecule has 2 aliphatic rings. The molecule has 0 unspecified atom stereocenters. The lowest BCUT2D eigenvalue weighted by Crippen LogP contribution is -2.44. The number of amides is 2. The lowest BCUT2D eigenvalue weighted by atomic mass is 10.1. The summed E-state index contributed by atoms with van der Waals surface area (Å²) in [5.74, 6) is -3.06. The van der Waals surface area contributed by atoms with E-state index >= 15 is 0 Å². The summed E-state index contributed by atoms with van der Waals surface area (Å²) in [5, 5.41) is 2.37. The molecule has 0 aromatic heterocycles. The predicted octanol–water partition coefficient (Wildman–Crippen LogP) is 2.78. The van der Waals surface area contributed by atoms with Crippen molar-refractivity contribution in [3.8, 4) is 11.5 Å². The number of nitrogens with zero attached hydrogens (tertiary/aromatic N) is 1. The minimum Gasteiger partial charge on any atom is -0.493 e. The molecule has 31 heavy (non-hydrogen) atoms. The predicted molar refractivity (Wildman–Crippen MR) is 103 cm³/mol. The van der Waals surface area contributed by atoms with Crippen LogP contribution >= 0.6 is 0 Å². The summed E-state index contributed by atoms with van der Waals surface area (Å²) < 4.78 is 43.0. The van der Waals surface area contributed by atoms with Crippen molar-refractivity contribution in [3.63, 3.8) is 0 Å². The van der Waals surface area contributed by atoms with Crippen LogP contribution in [0.4, 0.5) is 14.5 Å². The van der Waals surface area contributed by atoms with Gasteiger partial charge in [0.1, 0.15) is 23.2 Å². The monoisotopic (exact) mass is 432 g/mol. The first kappa shape index (κ1) is 20.6. The third-order valence-corrected chi connectivity index (χ3v) is 5.27. The van der Waals surface area contributed by atoms with Crippen molar-refractivity contribution >= 4 is 23.5 Å². The zero-order valence-corrected chi connectivity index (χ0v) is 16.6. The fourth-order valence-electron chi connectivity index (χ4n) is 3.85. The largest absolute Gasteiger partial charge is 0.493 e. The fourth-order valence-corrected chi connectivity index (χ4v) is 3.85. The van der Waals surface area contributed by atoms with Crippen LogP contribution in [0, 0.1) is 11.6 Å². The molecule has 1 N–H and O–H groups in total. The topological polar surface area (TPSA) is 94.2 Å². The molecule has 0 radical (unpaired) electrons. The van der Waals surface area contributed by atoms with Gasteiger partial charge in [0.2, 0.25) is 18.0 Å². The Kier molecular flexibility index (Phi) is 5.22. The zero-order chi connectivity index (χ0) is 22.3. The van der Waals surface area contributed by atoms with Gasteiger partial charge in [-0.25, -0.2) is 13.6 Å². The van der Waals surface area contributed by atoms with Gasteiger partial charge in [-0.1, -0.05) is 0 Å². The normalized spacial score (nSPS) is 19.8. The van der Waals surface area contributed by atoms with E-state index in [9.17, 15) is 23.2 Å². The van der Waals surface area contributed by atoms with Crippen LogP contribution < -0.4 is 14.8 Å². The molecular weight excluding hydrogens is 414 g/mol. The molecule has 8 nitrogen and oxygen atoms in total. The van der Waals surface area contributed by atoms with E-state index in [1.165, 1.54) is 14.2 Å². The molecule has 2 aliphatic heterocycles. The molecule has 0 bridgehead atoms. The molecule has 10 heteroatoms. The number of hydrogen-bond donors (Lipinski definition) is 1. The van der Waals surface area contributed by atoms with Crippen LogP contribution in [0.1, 0.15) is 35.0 Å². The van der Waals surface area contributed by atoms with E-state index < -0.39 is 41.7 Å². The Labute approximate surface area is 175 Å². The summed E-state index contributed by atoms with van der Waals surface area (Å²) in [5.41, 5.74) is 0.236. The number of rotatable bonds is 5. The van der Waals surface area contributed by atoms with Crippen molar-refractivity contribution in [1.82, 2.24) is 4.90 Å². The molecule has 2 heterocycles. The van der Waals surface area contributed by atoms with Gasteiger partial charge >= 0.3 is 5.97 Å². The highest BCUT2D eigenvalue weighted by atomic mass is 19.1. The number of carbonyl (C=O) groups is 3. The summed E-state index contributed by atoms with van der Waals surface area (Å²) >= 11 is 0. The standard InChI is InChI=1S/C21H18F2N2O6/c1-29-15-7-4-11-17(18(15)30-2)21(28)31-20(11)25-14(6-8-16(25)26)19(27)24-13-5-3-10(22)9-12(13)23/h3-5,7,9,14,20H,6,8H2,1-2H3,(H,24,27)/t14-,20-/m0/s1. The molecule has 2 amide bonds. The molecule has 162 valence electrons. The Morgan fingerprint density at radius 1 is 1.16 bits per heavy atom. The number of cyclic esters (lactones) is 1. The molecule has 2 aromatic rings. The molecule has 2 atom stereocenters. The number of methoxy groups -OCH3 is 2. The van der Waals surface area contributed by atoms with Crippen molar-refractivity contribution in [2.45, 2.75) is 25.1 Å². The minimum atomic E-state index is -1.15. The highest BCUT2D eigenvalue weighted by molar-refractivity contribution is 6.01. The number of fused-ring (bicyclic) bond motifs is 1. The molecule has 0 aliphatic carbocycles. The van der Waals surface area contributed by atoms with E-state index in [0.29, 0.717) is 17.4 Å². The van der Waals surface area contributed by atoms with Gasteiger partial charge in [0.05, 0.1) is 19.9 Å². The molecule has 2 aromatic carbocycles. The van der Waals surface area contributed by atoms with Crippen LogP contribution in [-0.2, 0) is 14.3 Å². The fraction of sp³-hybridized carbons (Fsp3) is 0.286. The van der Waals surface area contributed by atoms with E-state index in [1.807, 2.05) is 0 Å². The van der Waals surface area contributed by atoms with E-state index in [0.717, 1.165) is 17.0 Å². The molecule has 0 saturated carbocycles. The van der Waals surface area contributed by atoms with E-state index in [2.05, 4.69) is 5.32 Å². The number of carbonyl (C=O) groups excluding carboxylic acids is 3. The van der Waals surface area contributed by atoms with E-state index in [1.54, 1.807) is 12.1 Å². The molecule has 4 rings (SSSR count). The van der Waals surface area contributed by atoms with Crippen LogP contribution in [0.3, 0.4) is 0 Å². The Balaban J connectivity index is 1.65. The molecule has 0 spiro atoms. The SMILES string of the molecule is COc1ccc2c(c1OC)C(=O)O[C@@H]2N1C(=O)CC[C@H]1C(=O)Nc1ccc(F)cc1F. The first-order chi connectivity index (χ1) is 14.8. The minimum absolute atomic E-state index is 0.0423. The number of anilines is 1. The molecule has 1 saturated heterocycles. The van der Waals surface area contributed by atoms with E-state index in [-0.39, 0.29) is 29.8 Å². The summed E-state index contributed by atoms with van der Waals surface area (Å²) in [6.07, 6.45) is -0.962. The van der Waals surface area contributed by atoms with Crippen molar-refractivity contribution < 1.29 is 37.4 Å². The Morgan fingerprint density at radius 3 is 2.61 bits per heavy atom. The smallest absolute Gasteiger partial charge is 0.344 e. The quantitative estimate of drug-likeness (QED) is 0.731. The van der Waals surface area contributed by atoms with Crippen molar-refractivity contribution in [2.24, 2.45) is 0 Å². The number of nitrogens with one attached hydrogen (secondary N) is 1. The van der Waals surface area contributed by atoms with Crippen LogP contribution in [0.2, 0.25) is 0 Å². The van der Waals surface area contributed by atoms with Gasteiger partial charge in [-0.15, -0.1) is 0 Å². The van der Waals surface area contributed by atoms with Crippen LogP contribution in [-0.4, -0.2) is 42.9 Å². The maximum atomic E-state index is 13.9. The number of benzene rings is 2. The van der Waals surface area contributed by atoms with Gasteiger partial charge in [-0.05, 0) is 30.7 Å². The molecule has 1 fully saturated rings. The number of esters is 1. The second-order valence-corrected chi connectivity index (χ2v) is 6.99. The highest BCUT2D eigenvalue weighted by Gasteiger charge is 2.47. The second kappa shape index (κ2) is 7.86. The summed E-state index contributed by atoms with van der Waals surface area (Å²) in [6.45, 7) is 0. The number of halogens is 2. The number of likely N-dealkylation sites (tertiary alicyclic amines) is 1. The Hall–Kier alpha value is -3.69. The van der Waals surface area contributed by atoms with Crippen LogP contribution in [0.15, 0.2) is 30.3 Å². The first-order valence-electron chi connectivity index (χ1n) is 9.38. The van der Waals surface area contributed by atoms with Crippen LogP contribution in [0.5, 0.6) is 11.5 Å². The summed E-state index contributed by atoms with van der Waals surface area (Å²) in [7, 11) is 2.79. The van der Waals surface area contributed by atoms with Gasteiger partial charge in [-0.3, -0.25) is 14.5 Å². The Morgan fingerprint density at radius 2 is 1.94 bits per heavy atom. The first-order valence-corrected chi connectivity index (χ1v) is 9.38. The summed E-state index contributed by atoms with van der Waals surface area (Å²) in [6, 6.07) is 4.84. The van der Waals surface area contributed by atoms with Crippen molar-refractivity contribution in [2.75, 3.05) is 19.5 Å². The lowest BCUT2D eigenvalue weighted by Gasteiger charge is -2.29. The van der Waals surface area contributed by atoms with Crippen LogP contribution in [0.25, 0.3) is 0 Å². The van der Waals surface area contributed by atoms with Gasteiger partial charge in [-0.2, -0.15) is 0 Å². The van der Waals surface area contributed by atoms with Gasteiger partial charge < -0.3 is 19.5 Å². The molecular formula is C21H18F2N2O6. The van der Waals surface area contributed by atoms with Crippen molar-refractivity contribution in [3.05, 3.63) is 53.1 Å². The summed E-state index contributed by atoms with van der Waals surface area (Å²) in [4.78, 5) is 39.1. The lowest BCUT2D eigenvalue weighted by molar-refractivity contribution is -0.144. The maximum Gasteiger partial charge on any atom is 0.344 e. The van der Waals surface area contributed by atoms with Crippen molar-refractivity contribution in [1.29, 1.82) is 0 Å². The average Bonchev–Trinajstić information content (AvgIpc) is 3.29. The Bertz CT molecular complexity index is 1090.